The molecule has 5 nitrogen and oxygen atoms in total. The molecule has 4 atom stereocenters. The van der Waals surface area contributed by atoms with Gasteiger partial charge in [0.15, 0.2) is 0 Å². The Labute approximate surface area is 139 Å². The van der Waals surface area contributed by atoms with Gasteiger partial charge in [-0.3, -0.25) is 9.69 Å². The van der Waals surface area contributed by atoms with Crippen molar-refractivity contribution in [1.82, 2.24) is 15.2 Å². The molecule has 1 aliphatic carbocycles. The van der Waals surface area contributed by atoms with Gasteiger partial charge >= 0.3 is 0 Å². The number of nitrogens with one attached hydrogen (secondary N) is 2. The van der Waals surface area contributed by atoms with Gasteiger partial charge in [-0.25, -0.2) is 0 Å². The van der Waals surface area contributed by atoms with E-state index in [1.807, 2.05) is 17.5 Å². The first kappa shape index (κ1) is 14.0. The Hall–Kier alpha value is -1.37. The quantitative estimate of drug-likeness (QED) is 0.907. The summed E-state index contributed by atoms with van der Waals surface area (Å²) in [6, 6.07) is 4.58. The maximum absolute atomic E-state index is 12.7. The zero-order chi connectivity index (χ0) is 15.4. The lowest BCUT2D eigenvalue weighted by Gasteiger charge is -2.51. The number of fused-ring (bicyclic) bond motifs is 2. The van der Waals surface area contributed by atoms with Gasteiger partial charge in [0.25, 0.3) is 5.91 Å². The molecule has 6 heteroatoms. The molecule has 3 aliphatic rings. The van der Waals surface area contributed by atoms with Gasteiger partial charge in [0.05, 0.1) is 28.4 Å². The highest BCUT2D eigenvalue weighted by atomic mass is 32.1. The molecule has 2 saturated heterocycles. The van der Waals surface area contributed by atoms with Gasteiger partial charge in [-0.15, -0.1) is 11.3 Å². The zero-order valence-electron chi connectivity index (χ0n) is 13.0. The molecule has 2 N–H and O–H groups in total. The van der Waals surface area contributed by atoms with Crippen molar-refractivity contribution in [3.8, 4) is 0 Å². The van der Waals surface area contributed by atoms with Crippen LogP contribution in [0, 0.1) is 5.92 Å². The maximum atomic E-state index is 12.7. The summed E-state index contributed by atoms with van der Waals surface area (Å²) in [5, 5.41) is 5.33. The Morgan fingerprint density at radius 1 is 1.39 bits per heavy atom. The summed E-state index contributed by atoms with van der Waals surface area (Å²) in [4.78, 5) is 18.4. The predicted molar refractivity (Wildman–Crippen MR) is 89.9 cm³/mol. The van der Waals surface area contributed by atoms with Crippen LogP contribution >= 0.6 is 11.3 Å². The molecule has 122 valence electrons. The van der Waals surface area contributed by atoms with Crippen LogP contribution in [0.15, 0.2) is 17.5 Å². The van der Waals surface area contributed by atoms with E-state index in [1.54, 1.807) is 11.3 Å². The number of carbonyl (C=O) groups excluding carboxylic acids is 1. The zero-order valence-corrected chi connectivity index (χ0v) is 13.8. The Bertz CT molecular complexity index is 700. The van der Waals surface area contributed by atoms with E-state index in [4.69, 9.17) is 4.74 Å². The number of hydrogen-bond acceptors (Lipinski definition) is 4. The molecule has 0 bridgehead atoms. The maximum Gasteiger partial charge on any atom is 0.268 e. The number of aromatic amines is 1. The van der Waals surface area contributed by atoms with Crippen LogP contribution < -0.4 is 5.32 Å². The molecule has 0 aromatic carbocycles. The smallest absolute Gasteiger partial charge is 0.268 e. The van der Waals surface area contributed by atoms with Gasteiger partial charge in [-0.1, -0.05) is 0 Å². The van der Waals surface area contributed by atoms with Crippen molar-refractivity contribution >= 4 is 27.5 Å². The second-order valence-electron chi connectivity index (χ2n) is 6.90. The van der Waals surface area contributed by atoms with Crippen molar-refractivity contribution in [2.24, 2.45) is 5.92 Å². The number of H-pyrrole nitrogens is 1. The van der Waals surface area contributed by atoms with Crippen molar-refractivity contribution < 1.29 is 9.53 Å². The Balaban J connectivity index is 1.35. The van der Waals surface area contributed by atoms with Crippen LogP contribution in [0.3, 0.4) is 0 Å². The Morgan fingerprint density at radius 3 is 3.09 bits per heavy atom. The minimum atomic E-state index is 0.0212. The first-order valence-corrected chi connectivity index (χ1v) is 9.42. The molecule has 4 heterocycles. The standard InChI is InChI=1S/C17H21N3O2S/c21-17(12-9-13-11(18-12)4-8-23-13)19-14-10-3-7-22-16(10)15(14)20-5-1-2-6-20/h4,8-10,14-16,18H,1-3,5-7H2,(H,19,21)/t10-,14+,15-,16-/m1/s1. The summed E-state index contributed by atoms with van der Waals surface area (Å²) in [6.45, 7) is 3.12. The molecule has 2 aromatic heterocycles. The van der Waals surface area contributed by atoms with E-state index in [-0.39, 0.29) is 11.9 Å². The van der Waals surface area contributed by atoms with Crippen molar-refractivity contribution in [3.05, 3.63) is 23.2 Å². The largest absolute Gasteiger partial charge is 0.376 e. The minimum Gasteiger partial charge on any atom is -0.376 e. The van der Waals surface area contributed by atoms with Crippen LogP contribution in [-0.4, -0.2) is 53.7 Å². The molecule has 0 spiro atoms. The van der Waals surface area contributed by atoms with Crippen molar-refractivity contribution in [3.63, 3.8) is 0 Å². The summed E-state index contributed by atoms with van der Waals surface area (Å²) in [5.41, 5.74) is 1.72. The number of carbonyl (C=O) groups is 1. The van der Waals surface area contributed by atoms with E-state index in [0.29, 0.717) is 23.8 Å². The van der Waals surface area contributed by atoms with E-state index in [9.17, 15) is 4.79 Å². The van der Waals surface area contributed by atoms with E-state index >= 15 is 0 Å². The van der Waals surface area contributed by atoms with Crippen molar-refractivity contribution in [2.75, 3.05) is 19.7 Å². The van der Waals surface area contributed by atoms with E-state index in [2.05, 4.69) is 15.2 Å². The topological polar surface area (TPSA) is 57.4 Å². The molecule has 2 aromatic rings. The van der Waals surface area contributed by atoms with Crippen molar-refractivity contribution in [2.45, 2.75) is 37.5 Å². The van der Waals surface area contributed by atoms with Gasteiger partial charge in [0, 0.05) is 12.5 Å². The second-order valence-corrected chi connectivity index (χ2v) is 7.85. The lowest BCUT2D eigenvalue weighted by Crippen LogP contribution is -2.70. The van der Waals surface area contributed by atoms with Crippen LogP contribution in [0.2, 0.25) is 0 Å². The third-order valence-corrected chi connectivity index (χ3v) is 6.56. The van der Waals surface area contributed by atoms with Gasteiger partial charge in [-0.2, -0.15) is 0 Å². The average Bonchev–Trinajstić information content (AvgIpc) is 3.28. The Morgan fingerprint density at radius 2 is 2.26 bits per heavy atom. The summed E-state index contributed by atoms with van der Waals surface area (Å²) in [6.07, 6.45) is 3.92. The van der Waals surface area contributed by atoms with E-state index in [0.717, 1.165) is 36.3 Å². The molecule has 5 rings (SSSR count). The number of rotatable bonds is 3. The fourth-order valence-corrected chi connectivity index (χ4v) is 5.33. The summed E-state index contributed by atoms with van der Waals surface area (Å²) < 4.78 is 7.07. The highest BCUT2D eigenvalue weighted by Gasteiger charge is 2.56. The number of hydrogen-bond donors (Lipinski definition) is 2. The van der Waals surface area contributed by atoms with Crippen LogP contribution in [0.1, 0.15) is 29.8 Å². The highest BCUT2D eigenvalue weighted by Crippen LogP contribution is 2.43. The van der Waals surface area contributed by atoms with Gasteiger partial charge < -0.3 is 15.0 Å². The van der Waals surface area contributed by atoms with Crippen LogP contribution in [0.4, 0.5) is 0 Å². The number of amides is 1. The van der Waals surface area contributed by atoms with Gasteiger partial charge in [-0.05, 0) is 49.9 Å². The van der Waals surface area contributed by atoms with Crippen LogP contribution in [0.25, 0.3) is 10.2 Å². The van der Waals surface area contributed by atoms with E-state index < -0.39 is 0 Å². The first-order valence-electron chi connectivity index (χ1n) is 8.54. The summed E-state index contributed by atoms with van der Waals surface area (Å²) in [5.74, 6) is 0.508. The van der Waals surface area contributed by atoms with Crippen LogP contribution in [0.5, 0.6) is 0 Å². The number of ether oxygens (including phenoxy) is 1. The monoisotopic (exact) mass is 331 g/mol. The summed E-state index contributed by atoms with van der Waals surface area (Å²) in [7, 11) is 0. The van der Waals surface area contributed by atoms with Crippen LogP contribution in [-0.2, 0) is 4.74 Å². The third-order valence-electron chi connectivity index (χ3n) is 5.69. The number of thiophene rings is 1. The molecular weight excluding hydrogens is 310 g/mol. The lowest BCUT2D eigenvalue weighted by molar-refractivity contribution is -0.0747. The number of likely N-dealkylation sites (tertiary alicyclic amines) is 1. The molecule has 0 unspecified atom stereocenters. The SMILES string of the molecule is O=C(N[C@H]1[C@H]2CCO[C@H]2[C@@H]1N1CCCC1)c1cc2sccc2[nH]1. The summed E-state index contributed by atoms with van der Waals surface area (Å²) >= 11 is 1.66. The highest BCUT2D eigenvalue weighted by molar-refractivity contribution is 7.17. The number of aromatic nitrogens is 1. The molecule has 1 amide bonds. The Kier molecular flexibility index (Phi) is 3.25. The lowest BCUT2D eigenvalue weighted by atomic mass is 9.70. The molecule has 3 fully saturated rings. The molecule has 2 aliphatic heterocycles. The average molecular weight is 331 g/mol. The van der Waals surface area contributed by atoms with Gasteiger partial charge in [0.1, 0.15) is 5.69 Å². The molecule has 1 saturated carbocycles. The molecule has 0 radical (unpaired) electrons. The van der Waals surface area contributed by atoms with Crippen molar-refractivity contribution in [1.29, 1.82) is 0 Å². The molecule has 23 heavy (non-hydrogen) atoms. The fraction of sp³-hybridized carbons (Fsp3) is 0.588. The first-order chi connectivity index (χ1) is 11.3. The fourth-order valence-electron chi connectivity index (χ4n) is 4.54. The minimum absolute atomic E-state index is 0.0212. The predicted octanol–water partition coefficient (Wildman–Crippen LogP) is 2.21. The second kappa shape index (κ2) is 5.33. The number of nitrogens with zero attached hydrogens (tertiary/aromatic N) is 1. The van der Waals surface area contributed by atoms with E-state index in [1.165, 1.54) is 12.8 Å². The molecular formula is C17H21N3O2S. The van der Waals surface area contributed by atoms with Gasteiger partial charge in [0.2, 0.25) is 0 Å². The third kappa shape index (κ3) is 2.16. The normalized spacial score (nSPS) is 33.7.